The van der Waals surface area contributed by atoms with Crippen molar-refractivity contribution in [3.05, 3.63) is 11.6 Å². The molecule has 0 spiro atoms. The molecule has 0 heterocycles. The van der Waals surface area contributed by atoms with Crippen LogP contribution in [0.1, 0.15) is 32.1 Å². The van der Waals surface area contributed by atoms with Gasteiger partial charge in [0, 0.05) is 6.42 Å². The van der Waals surface area contributed by atoms with E-state index in [4.69, 9.17) is 0 Å². The van der Waals surface area contributed by atoms with Gasteiger partial charge in [-0.2, -0.15) is 0 Å². The average molecular weight is 136 g/mol. The van der Waals surface area contributed by atoms with Crippen molar-refractivity contribution < 1.29 is 4.79 Å². The lowest BCUT2D eigenvalue weighted by atomic mass is 9.86. The fourth-order valence-electron chi connectivity index (χ4n) is 2.04. The molecule has 0 amide bonds. The molecule has 2 aliphatic carbocycles. The van der Waals surface area contributed by atoms with Gasteiger partial charge < -0.3 is 0 Å². The first-order valence-electron chi connectivity index (χ1n) is 4.09. The Bertz CT molecular complexity index is 191. The molecule has 2 rings (SSSR count). The summed E-state index contributed by atoms with van der Waals surface area (Å²) in [4.78, 5) is 10.9. The minimum absolute atomic E-state index is 0.363. The highest BCUT2D eigenvalue weighted by molar-refractivity contribution is 5.93. The monoisotopic (exact) mass is 136 g/mol. The third-order valence-corrected chi connectivity index (χ3v) is 2.59. The maximum Gasteiger partial charge on any atom is 0.156 e. The van der Waals surface area contributed by atoms with Gasteiger partial charge in [-0.3, -0.25) is 4.79 Å². The molecule has 54 valence electrons. The van der Waals surface area contributed by atoms with Crippen molar-refractivity contribution in [3.8, 4) is 0 Å². The highest BCUT2D eigenvalue weighted by Crippen LogP contribution is 2.35. The zero-order chi connectivity index (χ0) is 6.97. The van der Waals surface area contributed by atoms with Gasteiger partial charge in [0.05, 0.1) is 0 Å². The van der Waals surface area contributed by atoms with Crippen molar-refractivity contribution in [3.63, 3.8) is 0 Å². The topological polar surface area (TPSA) is 17.1 Å². The smallest absolute Gasteiger partial charge is 0.156 e. The Morgan fingerprint density at radius 3 is 3.10 bits per heavy atom. The summed E-state index contributed by atoms with van der Waals surface area (Å²) < 4.78 is 0. The second kappa shape index (κ2) is 2.22. The summed E-state index contributed by atoms with van der Waals surface area (Å²) in [5.41, 5.74) is 1.44. The highest BCUT2D eigenvalue weighted by atomic mass is 16.1. The molecule has 0 aromatic carbocycles. The number of allylic oxidation sites excluding steroid dienone is 2. The SMILES string of the molecule is O=C1C=C2CCCCC2C1. The van der Waals surface area contributed by atoms with Crippen LogP contribution in [0, 0.1) is 5.92 Å². The largest absolute Gasteiger partial charge is 0.295 e. The van der Waals surface area contributed by atoms with Crippen LogP contribution >= 0.6 is 0 Å². The number of hydrogen-bond acceptors (Lipinski definition) is 1. The van der Waals surface area contributed by atoms with Crippen LogP contribution in [-0.2, 0) is 4.79 Å². The molecule has 10 heavy (non-hydrogen) atoms. The van der Waals surface area contributed by atoms with E-state index in [1.54, 1.807) is 0 Å². The van der Waals surface area contributed by atoms with Gasteiger partial charge in [-0.15, -0.1) is 0 Å². The summed E-state index contributed by atoms with van der Waals surface area (Å²) in [6, 6.07) is 0. The van der Waals surface area contributed by atoms with Crippen LogP contribution in [0.5, 0.6) is 0 Å². The predicted molar refractivity (Wildman–Crippen MR) is 39.7 cm³/mol. The standard InChI is InChI=1S/C9H12O/c10-9-5-7-3-1-2-4-8(7)6-9/h5,8H,1-4,6H2. The van der Waals surface area contributed by atoms with Crippen LogP contribution in [0.3, 0.4) is 0 Å². The number of carbonyl (C=O) groups is 1. The van der Waals surface area contributed by atoms with Crippen molar-refractivity contribution in [1.29, 1.82) is 0 Å². The molecular weight excluding hydrogens is 124 g/mol. The van der Waals surface area contributed by atoms with Gasteiger partial charge >= 0.3 is 0 Å². The van der Waals surface area contributed by atoms with E-state index in [9.17, 15) is 4.79 Å². The fourth-order valence-corrected chi connectivity index (χ4v) is 2.04. The Kier molecular flexibility index (Phi) is 1.37. The number of fused-ring (bicyclic) bond motifs is 1. The van der Waals surface area contributed by atoms with E-state index in [-0.39, 0.29) is 0 Å². The van der Waals surface area contributed by atoms with Crippen molar-refractivity contribution in [2.75, 3.05) is 0 Å². The molecule has 1 fully saturated rings. The van der Waals surface area contributed by atoms with E-state index < -0.39 is 0 Å². The average Bonchev–Trinajstić information content (AvgIpc) is 2.27. The quantitative estimate of drug-likeness (QED) is 0.498. The molecule has 1 unspecified atom stereocenters. The molecule has 0 saturated heterocycles. The van der Waals surface area contributed by atoms with E-state index in [2.05, 4.69) is 0 Å². The Hall–Kier alpha value is -0.590. The molecular formula is C9H12O. The zero-order valence-corrected chi connectivity index (χ0v) is 6.10. The Morgan fingerprint density at radius 1 is 1.40 bits per heavy atom. The molecule has 0 aliphatic heterocycles. The van der Waals surface area contributed by atoms with Crippen LogP contribution < -0.4 is 0 Å². The summed E-state index contributed by atoms with van der Waals surface area (Å²) in [5, 5.41) is 0. The predicted octanol–water partition coefficient (Wildman–Crippen LogP) is 2.08. The van der Waals surface area contributed by atoms with Gasteiger partial charge in [0.25, 0.3) is 0 Å². The highest BCUT2D eigenvalue weighted by Gasteiger charge is 2.26. The normalized spacial score (nSPS) is 31.8. The molecule has 2 aliphatic rings. The molecule has 1 heteroatoms. The zero-order valence-electron chi connectivity index (χ0n) is 6.10. The summed E-state index contributed by atoms with van der Waals surface area (Å²) in [6.45, 7) is 0. The summed E-state index contributed by atoms with van der Waals surface area (Å²) in [7, 11) is 0. The van der Waals surface area contributed by atoms with Gasteiger partial charge in [-0.05, 0) is 31.3 Å². The van der Waals surface area contributed by atoms with Crippen molar-refractivity contribution in [1.82, 2.24) is 0 Å². The van der Waals surface area contributed by atoms with Gasteiger partial charge in [-0.25, -0.2) is 0 Å². The van der Waals surface area contributed by atoms with Crippen molar-refractivity contribution >= 4 is 5.78 Å². The lowest BCUT2D eigenvalue weighted by Crippen LogP contribution is -2.05. The first-order valence-corrected chi connectivity index (χ1v) is 4.09. The third-order valence-electron chi connectivity index (χ3n) is 2.59. The minimum Gasteiger partial charge on any atom is -0.295 e. The molecule has 0 N–H and O–H groups in total. The summed E-state index contributed by atoms with van der Waals surface area (Å²) in [5.74, 6) is 1.02. The van der Waals surface area contributed by atoms with E-state index in [1.807, 2.05) is 6.08 Å². The van der Waals surface area contributed by atoms with Gasteiger partial charge in [0.1, 0.15) is 0 Å². The Morgan fingerprint density at radius 2 is 2.30 bits per heavy atom. The first kappa shape index (κ1) is 6.14. The van der Waals surface area contributed by atoms with Gasteiger partial charge in [0.2, 0.25) is 0 Å². The second-order valence-electron chi connectivity index (χ2n) is 3.33. The van der Waals surface area contributed by atoms with Crippen molar-refractivity contribution in [2.45, 2.75) is 32.1 Å². The number of ketones is 1. The Labute approximate surface area is 61.1 Å². The second-order valence-corrected chi connectivity index (χ2v) is 3.33. The third kappa shape index (κ3) is 0.898. The minimum atomic E-state index is 0.363. The van der Waals surface area contributed by atoms with Crippen molar-refractivity contribution in [2.24, 2.45) is 5.92 Å². The summed E-state index contributed by atoms with van der Waals surface area (Å²) in [6.07, 6.45) is 7.78. The maximum absolute atomic E-state index is 10.9. The van der Waals surface area contributed by atoms with E-state index in [0.717, 1.165) is 6.42 Å². The number of hydrogen-bond donors (Lipinski definition) is 0. The fraction of sp³-hybridized carbons (Fsp3) is 0.667. The van der Waals surface area contributed by atoms with Crippen LogP contribution in [-0.4, -0.2) is 5.78 Å². The lowest BCUT2D eigenvalue weighted by molar-refractivity contribution is -0.114. The molecule has 1 nitrogen and oxygen atoms in total. The molecule has 0 radical (unpaired) electrons. The molecule has 0 aromatic heterocycles. The van der Waals surface area contributed by atoms with E-state index >= 15 is 0 Å². The van der Waals surface area contributed by atoms with Crippen LogP contribution in [0.15, 0.2) is 11.6 Å². The number of rotatable bonds is 0. The Balaban J connectivity index is 2.17. The molecule has 1 saturated carbocycles. The summed E-state index contributed by atoms with van der Waals surface area (Å²) >= 11 is 0. The van der Waals surface area contributed by atoms with Gasteiger partial charge in [0.15, 0.2) is 5.78 Å². The maximum atomic E-state index is 10.9. The van der Waals surface area contributed by atoms with E-state index in [0.29, 0.717) is 11.7 Å². The first-order chi connectivity index (χ1) is 4.86. The van der Waals surface area contributed by atoms with Crippen LogP contribution in [0.25, 0.3) is 0 Å². The molecule has 0 aromatic rings. The van der Waals surface area contributed by atoms with Crippen LogP contribution in [0.2, 0.25) is 0 Å². The van der Waals surface area contributed by atoms with E-state index in [1.165, 1.54) is 31.3 Å². The van der Waals surface area contributed by atoms with Crippen LogP contribution in [0.4, 0.5) is 0 Å². The lowest BCUT2D eigenvalue weighted by Gasteiger charge is -2.18. The van der Waals surface area contributed by atoms with Gasteiger partial charge in [-0.1, -0.05) is 12.0 Å². The number of carbonyl (C=O) groups excluding carboxylic acids is 1. The molecule has 1 atom stereocenters. The molecule has 0 bridgehead atoms.